The van der Waals surface area contributed by atoms with Crippen LogP contribution in [0, 0.1) is 5.92 Å². The Morgan fingerprint density at radius 1 is 1.38 bits per heavy atom. The molecule has 16 heavy (non-hydrogen) atoms. The summed E-state index contributed by atoms with van der Waals surface area (Å²) in [5.41, 5.74) is 8.00. The van der Waals surface area contributed by atoms with Crippen LogP contribution in [0.3, 0.4) is 0 Å². The van der Waals surface area contributed by atoms with Crippen LogP contribution in [0.15, 0.2) is 18.5 Å². The van der Waals surface area contributed by atoms with Gasteiger partial charge in [-0.25, -0.2) is 4.98 Å². The van der Waals surface area contributed by atoms with Crippen molar-refractivity contribution in [1.82, 2.24) is 14.5 Å². The van der Waals surface area contributed by atoms with Gasteiger partial charge in [0.1, 0.15) is 11.3 Å². The predicted octanol–water partition coefficient (Wildman–Crippen LogP) is 2.11. The second-order valence-corrected chi connectivity index (χ2v) is 4.63. The zero-order valence-electron chi connectivity index (χ0n) is 10.0. The Kier molecular flexibility index (Phi) is 2.92. The highest BCUT2D eigenvalue weighted by molar-refractivity contribution is 5.74. The fourth-order valence-electron chi connectivity index (χ4n) is 1.91. The highest BCUT2D eigenvalue weighted by Gasteiger charge is 2.14. The third-order valence-electron chi connectivity index (χ3n) is 2.54. The second-order valence-electron chi connectivity index (χ2n) is 4.63. The molecule has 0 aromatic carbocycles. The molecular formula is C12H18N4. The first-order valence-corrected chi connectivity index (χ1v) is 5.65. The number of pyridine rings is 1. The molecular weight excluding hydrogens is 200 g/mol. The molecule has 86 valence electrons. The molecule has 0 aliphatic heterocycles. The minimum Gasteiger partial charge on any atom is -0.326 e. The molecule has 4 heteroatoms. The highest BCUT2D eigenvalue weighted by atomic mass is 15.1. The molecule has 0 unspecified atom stereocenters. The van der Waals surface area contributed by atoms with Gasteiger partial charge in [-0.05, 0) is 18.9 Å². The monoisotopic (exact) mass is 218 g/mol. The Morgan fingerprint density at radius 2 is 2.12 bits per heavy atom. The first kappa shape index (κ1) is 11.1. The van der Waals surface area contributed by atoms with Crippen LogP contribution < -0.4 is 5.73 Å². The Balaban J connectivity index is 2.60. The first-order chi connectivity index (χ1) is 7.59. The van der Waals surface area contributed by atoms with E-state index in [9.17, 15) is 0 Å². The topological polar surface area (TPSA) is 56.7 Å². The summed E-state index contributed by atoms with van der Waals surface area (Å²) in [4.78, 5) is 8.63. The van der Waals surface area contributed by atoms with Gasteiger partial charge in [0, 0.05) is 12.7 Å². The molecule has 2 heterocycles. The Labute approximate surface area is 95.5 Å². The summed E-state index contributed by atoms with van der Waals surface area (Å²) in [7, 11) is 0. The third kappa shape index (κ3) is 1.93. The van der Waals surface area contributed by atoms with Gasteiger partial charge in [-0.2, -0.15) is 0 Å². The summed E-state index contributed by atoms with van der Waals surface area (Å²) < 4.78 is 2.20. The lowest BCUT2D eigenvalue weighted by atomic mass is 10.2. The van der Waals surface area contributed by atoms with Gasteiger partial charge in [-0.1, -0.05) is 13.8 Å². The van der Waals surface area contributed by atoms with Crippen molar-refractivity contribution in [2.45, 2.75) is 33.4 Å². The van der Waals surface area contributed by atoms with E-state index in [-0.39, 0.29) is 6.04 Å². The molecule has 0 saturated heterocycles. The molecule has 0 radical (unpaired) electrons. The Hall–Kier alpha value is -1.42. The van der Waals surface area contributed by atoms with Gasteiger partial charge in [0.25, 0.3) is 0 Å². The van der Waals surface area contributed by atoms with Gasteiger partial charge in [0.15, 0.2) is 0 Å². The van der Waals surface area contributed by atoms with Crippen molar-refractivity contribution < 1.29 is 0 Å². The van der Waals surface area contributed by atoms with Crippen molar-refractivity contribution >= 4 is 11.0 Å². The maximum Gasteiger partial charge on any atom is 0.126 e. The van der Waals surface area contributed by atoms with Gasteiger partial charge in [-0.3, -0.25) is 4.98 Å². The van der Waals surface area contributed by atoms with Crippen LogP contribution in [0.4, 0.5) is 0 Å². The maximum atomic E-state index is 5.95. The maximum absolute atomic E-state index is 5.95. The molecule has 0 aliphatic carbocycles. The number of imidazole rings is 1. The number of hydrogen-bond acceptors (Lipinski definition) is 3. The molecule has 4 nitrogen and oxygen atoms in total. The average molecular weight is 218 g/mol. The fraction of sp³-hybridized carbons (Fsp3) is 0.500. The van der Waals surface area contributed by atoms with Crippen molar-refractivity contribution in [2.75, 3.05) is 0 Å². The number of nitrogens with two attached hydrogens (primary N) is 1. The lowest BCUT2D eigenvalue weighted by Crippen LogP contribution is -2.15. The Morgan fingerprint density at radius 3 is 2.75 bits per heavy atom. The van der Waals surface area contributed by atoms with Crippen molar-refractivity contribution in [1.29, 1.82) is 0 Å². The summed E-state index contributed by atoms with van der Waals surface area (Å²) >= 11 is 0. The normalized spacial score (nSPS) is 13.6. The third-order valence-corrected chi connectivity index (χ3v) is 2.54. The summed E-state index contributed by atoms with van der Waals surface area (Å²) in [6, 6.07) is 1.95. The quantitative estimate of drug-likeness (QED) is 0.858. The Bertz CT molecular complexity index is 485. The molecule has 0 spiro atoms. The molecule has 1 atom stereocenters. The average Bonchev–Trinajstić information content (AvgIpc) is 2.57. The van der Waals surface area contributed by atoms with Crippen molar-refractivity contribution in [3.8, 4) is 0 Å². The van der Waals surface area contributed by atoms with Crippen LogP contribution in [0.25, 0.3) is 11.0 Å². The molecule has 2 aromatic rings. The summed E-state index contributed by atoms with van der Waals surface area (Å²) in [6.45, 7) is 7.29. The number of nitrogens with zero attached hydrogens (tertiary/aromatic N) is 3. The summed E-state index contributed by atoms with van der Waals surface area (Å²) in [5, 5.41) is 0. The second kappa shape index (κ2) is 4.22. The van der Waals surface area contributed by atoms with Crippen molar-refractivity contribution in [3.63, 3.8) is 0 Å². The number of rotatable bonds is 3. The van der Waals surface area contributed by atoms with Gasteiger partial charge >= 0.3 is 0 Å². The van der Waals surface area contributed by atoms with E-state index in [1.807, 2.05) is 13.0 Å². The molecule has 2 N–H and O–H groups in total. The van der Waals surface area contributed by atoms with Crippen LogP contribution in [0.5, 0.6) is 0 Å². The van der Waals surface area contributed by atoms with E-state index in [4.69, 9.17) is 5.73 Å². The molecule has 0 amide bonds. The molecule has 0 bridgehead atoms. The first-order valence-electron chi connectivity index (χ1n) is 5.65. The van der Waals surface area contributed by atoms with E-state index >= 15 is 0 Å². The fourth-order valence-corrected chi connectivity index (χ4v) is 1.91. The van der Waals surface area contributed by atoms with Gasteiger partial charge in [-0.15, -0.1) is 0 Å². The van der Waals surface area contributed by atoms with E-state index in [2.05, 4.69) is 28.4 Å². The van der Waals surface area contributed by atoms with E-state index < -0.39 is 0 Å². The minimum atomic E-state index is -0.0499. The number of hydrogen-bond donors (Lipinski definition) is 1. The SMILES string of the molecule is CC(C)Cn1c([C@H](C)N)nc2cnccc21. The standard InChI is InChI=1S/C12H18N4/c1-8(2)7-16-11-4-5-14-6-10(11)15-12(16)9(3)13/h4-6,8-9H,7,13H2,1-3H3/t9-/m0/s1. The smallest absolute Gasteiger partial charge is 0.126 e. The van der Waals surface area contributed by atoms with E-state index in [0.717, 1.165) is 23.4 Å². The van der Waals surface area contributed by atoms with E-state index in [1.54, 1.807) is 12.4 Å². The van der Waals surface area contributed by atoms with Crippen LogP contribution in [-0.4, -0.2) is 14.5 Å². The van der Waals surface area contributed by atoms with Crippen molar-refractivity contribution in [3.05, 3.63) is 24.3 Å². The largest absolute Gasteiger partial charge is 0.326 e. The summed E-state index contributed by atoms with van der Waals surface area (Å²) in [5.74, 6) is 1.51. The molecule has 0 aliphatic rings. The lowest BCUT2D eigenvalue weighted by Gasteiger charge is -2.13. The molecule has 2 rings (SSSR count). The molecule has 0 fully saturated rings. The van der Waals surface area contributed by atoms with E-state index in [1.165, 1.54) is 0 Å². The number of fused-ring (bicyclic) bond motifs is 1. The van der Waals surface area contributed by atoms with Crippen LogP contribution >= 0.6 is 0 Å². The van der Waals surface area contributed by atoms with Crippen LogP contribution in [0.1, 0.15) is 32.6 Å². The van der Waals surface area contributed by atoms with Gasteiger partial charge < -0.3 is 10.3 Å². The van der Waals surface area contributed by atoms with Crippen LogP contribution in [-0.2, 0) is 6.54 Å². The van der Waals surface area contributed by atoms with Crippen molar-refractivity contribution in [2.24, 2.45) is 11.7 Å². The van der Waals surface area contributed by atoms with Gasteiger partial charge in [0.2, 0.25) is 0 Å². The summed E-state index contributed by atoms with van der Waals surface area (Å²) in [6.07, 6.45) is 3.59. The molecule has 2 aromatic heterocycles. The number of aromatic nitrogens is 3. The zero-order chi connectivity index (χ0) is 11.7. The van der Waals surface area contributed by atoms with Crippen LogP contribution in [0.2, 0.25) is 0 Å². The van der Waals surface area contributed by atoms with E-state index in [0.29, 0.717) is 5.92 Å². The molecule has 0 saturated carbocycles. The highest BCUT2D eigenvalue weighted by Crippen LogP contribution is 2.20. The zero-order valence-corrected chi connectivity index (χ0v) is 10.0. The van der Waals surface area contributed by atoms with Gasteiger partial charge in [0.05, 0.1) is 17.8 Å². The minimum absolute atomic E-state index is 0.0499. The predicted molar refractivity (Wildman–Crippen MR) is 65.0 cm³/mol. The lowest BCUT2D eigenvalue weighted by molar-refractivity contribution is 0.505.